The van der Waals surface area contributed by atoms with Gasteiger partial charge in [-0.2, -0.15) is 0 Å². The number of rotatable bonds is 1. The number of para-hydroxylation sites is 1. The molecule has 0 unspecified atom stereocenters. The van der Waals surface area contributed by atoms with Crippen LogP contribution >= 0.6 is 11.8 Å². The van der Waals surface area contributed by atoms with Crippen LogP contribution in [-0.2, 0) is 4.79 Å². The van der Waals surface area contributed by atoms with Gasteiger partial charge in [-0.1, -0.05) is 6.07 Å². The first kappa shape index (κ1) is 8.44. The SMILES string of the molecule is CC(=O)Oc1cccc2c1NCS2. The Balaban J connectivity index is 2.36. The maximum Gasteiger partial charge on any atom is 0.308 e. The zero-order valence-corrected chi connectivity index (χ0v) is 7.98. The normalized spacial score (nSPS) is 13.3. The summed E-state index contributed by atoms with van der Waals surface area (Å²) < 4.78 is 5.04. The highest BCUT2D eigenvalue weighted by Gasteiger charge is 2.15. The molecule has 0 fully saturated rings. The second kappa shape index (κ2) is 3.30. The van der Waals surface area contributed by atoms with Crippen LogP contribution in [0.2, 0.25) is 0 Å². The molecule has 2 rings (SSSR count). The number of ether oxygens (including phenoxy) is 1. The van der Waals surface area contributed by atoms with Crippen LogP contribution in [0.25, 0.3) is 0 Å². The molecule has 1 aromatic carbocycles. The molecule has 0 saturated heterocycles. The second-order valence-electron chi connectivity index (χ2n) is 2.69. The van der Waals surface area contributed by atoms with E-state index in [2.05, 4.69) is 5.32 Å². The van der Waals surface area contributed by atoms with E-state index < -0.39 is 0 Å². The van der Waals surface area contributed by atoms with E-state index in [9.17, 15) is 4.79 Å². The molecule has 0 spiro atoms. The second-order valence-corrected chi connectivity index (χ2v) is 3.71. The van der Waals surface area contributed by atoms with Gasteiger partial charge in [-0.15, -0.1) is 11.8 Å². The molecule has 1 aliphatic rings. The Labute approximate surface area is 80.5 Å². The van der Waals surface area contributed by atoms with Gasteiger partial charge in [0.05, 0.1) is 11.6 Å². The summed E-state index contributed by atoms with van der Waals surface area (Å²) in [6.07, 6.45) is 0. The van der Waals surface area contributed by atoms with Crippen molar-refractivity contribution < 1.29 is 9.53 Å². The fourth-order valence-corrected chi connectivity index (χ4v) is 2.10. The van der Waals surface area contributed by atoms with E-state index in [-0.39, 0.29) is 5.97 Å². The van der Waals surface area contributed by atoms with Gasteiger partial charge in [0, 0.05) is 11.8 Å². The van der Waals surface area contributed by atoms with Crippen LogP contribution < -0.4 is 10.1 Å². The average Bonchev–Trinajstić information content (AvgIpc) is 2.51. The Morgan fingerprint density at radius 3 is 3.23 bits per heavy atom. The predicted molar refractivity (Wildman–Crippen MR) is 52.1 cm³/mol. The molecule has 3 nitrogen and oxygen atoms in total. The van der Waals surface area contributed by atoms with Gasteiger partial charge in [0.2, 0.25) is 0 Å². The average molecular weight is 195 g/mol. The standard InChI is InChI=1S/C9H9NO2S/c1-6(11)12-7-3-2-4-8-9(7)10-5-13-8/h2-4,10H,5H2,1H3. The highest BCUT2D eigenvalue weighted by atomic mass is 32.2. The summed E-state index contributed by atoms with van der Waals surface area (Å²) in [7, 11) is 0. The fourth-order valence-electron chi connectivity index (χ4n) is 1.23. The molecule has 0 atom stereocenters. The summed E-state index contributed by atoms with van der Waals surface area (Å²) in [6.45, 7) is 1.40. The van der Waals surface area contributed by atoms with Crippen molar-refractivity contribution in [3.8, 4) is 5.75 Å². The van der Waals surface area contributed by atoms with Crippen molar-refractivity contribution in [1.82, 2.24) is 0 Å². The van der Waals surface area contributed by atoms with Gasteiger partial charge in [-0.05, 0) is 12.1 Å². The molecule has 68 valence electrons. The summed E-state index contributed by atoms with van der Waals surface area (Å²) in [5.74, 6) is 1.18. The van der Waals surface area contributed by atoms with Crippen molar-refractivity contribution in [2.75, 3.05) is 11.2 Å². The molecular weight excluding hydrogens is 186 g/mol. The minimum atomic E-state index is -0.285. The van der Waals surface area contributed by atoms with Crippen LogP contribution in [-0.4, -0.2) is 11.8 Å². The zero-order chi connectivity index (χ0) is 9.26. The van der Waals surface area contributed by atoms with Gasteiger partial charge in [0.1, 0.15) is 0 Å². The van der Waals surface area contributed by atoms with Gasteiger partial charge in [-0.25, -0.2) is 0 Å². The van der Waals surface area contributed by atoms with Gasteiger partial charge in [0.25, 0.3) is 0 Å². The van der Waals surface area contributed by atoms with Gasteiger partial charge in [-0.3, -0.25) is 4.79 Å². The molecular formula is C9H9NO2S. The van der Waals surface area contributed by atoms with Crippen molar-refractivity contribution in [2.24, 2.45) is 0 Å². The molecule has 4 heteroatoms. The predicted octanol–water partition coefficient (Wildman–Crippen LogP) is 2.09. The van der Waals surface area contributed by atoms with Crippen LogP contribution in [0.3, 0.4) is 0 Å². The lowest BCUT2D eigenvalue weighted by Gasteiger charge is -2.06. The number of thioether (sulfide) groups is 1. The van der Waals surface area contributed by atoms with E-state index in [4.69, 9.17) is 4.74 Å². The Kier molecular flexibility index (Phi) is 2.14. The minimum absolute atomic E-state index is 0.285. The first-order valence-electron chi connectivity index (χ1n) is 3.95. The molecule has 1 N–H and O–H groups in total. The summed E-state index contributed by atoms with van der Waals surface area (Å²) in [5.41, 5.74) is 0.933. The number of benzene rings is 1. The first-order valence-corrected chi connectivity index (χ1v) is 4.94. The van der Waals surface area contributed by atoms with E-state index in [1.807, 2.05) is 12.1 Å². The fraction of sp³-hybridized carbons (Fsp3) is 0.222. The van der Waals surface area contributed by atoms with Gasteiger partial charge in [0.15, 0.2) is 5.75 Å². The number of fused-ring (bicyclic) bond motifs is 1. The largest absolute Gasteiger partial charge is 0.424 e. The van der Waals surface area contributed by atoms with Crippen LogP contribution in [0.5, 0.6) is 5.75 Å². The van der Waals surface area contributed by atoms with Crippen molar-refractivity contribution in [2.45, 2.75) is 11.8 Å². The van der Waals surface area contributed by atoms with Gasteiger partial charge >= 0.3 is 5.97 Å². The molecule has 1 heterocycles. The summed E-state index contributed by atoms with van der Waals surface area (Å²) in [4.78, 5) is 11.9. The third kappa shape index (κ3) is 1.62. The van der Waals surface area contributed by atoms with Crippen LogP contribution in [0.4, 0.5) is 5.69 Å². The lowest BCUT2D eigenvalue weighted by Crippen LogP contribution is -2.03. The van der Waals surface area contributed by atoms with Crippen molar-refractivity contribution in [3.05, 3.63) is 18.2 Å². The summed E-state index contributed by atoms with van der Waals surface area (Å²) in [5, 5.41) is 3.16. The Hall–Kier alpha value is -1.16. The first-order chi connectivity index (χ1) is 6.27. The topological polar surface area (TPSA) is 38.3 Å². The molecule has 0 bridgehead atoms. The number of carbonyl (C=O) groups excluding carboxylic acids is 1. The summed E-state index contributed by atoms with van der Waals surface area (Å²) in [6, 6.07) is 5.68. The monoisotopic (exact) mass is 195 g/mol. The van der Waals surface area contributed by atoms with Crippen molar-refractivity contribution in [3.63, 3.8) is 0 Å². The molecule has 1 aromatic rings. The number of hydrogen-bond acceptors (Lipinski definition) is 4. The highest BCUT2D eigenvalue weighted by molar-refractivity contribution is 7.99. The molecule has 0 amide bonds. The number of hydrogen-bond donors (Lipinski definition) is 1. The number of esters is 1. The minimum Gasteiger partial charge on any atom is -0.424 e. The molecule has 13 heavy (non-hydrogen) atoms. The van der Waals surface area contributed by atoms with E-state index in [1.54, 1.807) is 17.8 Å². The molecule has 1 aliphatic heterocycles. The Bertz CT molecular complexity index is 351. The van der Waals surface area contributed by atoms with E-state index in [0.29, 0.717) is 5.75 Å². The zero-order valence-electron chi connectivity index (χ0n) is 7.16. The highest BCUT2D eigenvalue weighted by Crippen LogP contribution is 2.40. The van der Waals surface area contributed by atoms with Crippen LogP contribution in [0.15, 0.2) is 23.1 Å². The molecule has 0 radical (unpaired) electrons. The molecule has 0 aromatic heterocycles. The van der Waals surface area contributed by atoms with Crippen LogP contribution in [0, 0.1) is 0 Å². The molecule has 0 aliphatic carbocycles. The van der Waals surface area contributed by atoms with E-state index in [0.717, 1.165) is 16.5 Å². The van der Waals surface area contributed by atoms with Crippen molar-refractivity contribution in [1.29, 1.82) is 0 Å². The quantitative estimate of drug-likeness (QED) is 0.550. The van der Waals surface area contributed by atoms with Crippen LogP contribution in [0.1, 0.15) is 6.92 Å². The Morgan fingerprint density at radius 1 is 1.62 bits per heavy atom. The third-order valence-corrected chi connectivity index (χ3v) is 2.66. The van der Waals surface area contributed by atoms with Gasteiger partial charge < -0.3 is 10.1 Å². The maximum absolute atomic E-state index is 10.8. The summed E-state index contributed by atoms with van der Waals surface area (Å²) >= 11 is 1.71. The molecule has 0 saturated carbocycles. The Morgan fingerprint density at radius 2 is 2.46 bits per heavy atom. The number of nitrogens with one attached hydrogen (secondary N) is 1. The van der Waals surface area contributed by atoms with Crippen molar-refractivity contribution >= 4 is 23.4 Å². The lowest BCUT2D eigenvalue weighted by molar-refractivity contribution is -0.131. The van der Waals surface area contributed by atoms with E-state index >= 15 is 0 Å². The number of carbonyl (C=O) groups is 1. The third-order valence-electron chi connectivity index (χ3n) is 1.72. The maximum atomic E-state index is 10.8. The van der Waals surface area contributed by atoms with E-state index in [1.165, 1.54) is 6.92 Å². The smallest absolute Gasteiger partial charge is 0.308 e. The lowest BCUT2D eigenvalue weighted by atomic mass is 10.3. The number of anilines is 1.